The van der Waals surface area contributed by atoms with Crippen LogP contribution >= 0.6 is 0 Å². The van der Waals surface area contributed by atoms with Crippen LogP contribution < -0.4 is 20.4 Å². The molecule has 0 unspecified atom stereocenters. The van der Waals surface area contributed by atoms with Crippen LogP contribution in [-0.2, 0) is 21.1 Å². The summed E-state index contributed by atoms with van der Waals surface area (Å²) in [4.78, 5) is 0. The number of para-hydroxylation sites is 4. The topological polar surface area (TPSA) is 92.2 Å². The third kappa shape index (κ3) is 15.5. The summed E-state index contributed by atoms with van der Waals surface area (Å²) < 4.78 is 0. The van der Waals surface area contributed by atoms with Gasteiger partial charge in [-0.2, -0.15) is 0 Å². The Hall–Kier alpha value is -3.23. The Morgan fingerprint density at radius 1 is 0.276 bits per heavy atom. The van der Waals surface area contributed by atoms with Crippen LogP contribution in [0.4, 0.5) is 0 Å². The van der Waals surface area contributed by atoms with Gasteiger partial charge in [0.2, 0.25) is 0 Å². The van der Waals surface area contributed by atoms with E-state index in [2.05, 4.69) is 0 Å². The van der Waals surface area contributed by atoms with Gasteiger partial charge < -0.3 is 20.4 Å². The minimum atomic E-state index is 0. The number of hydrogen-bond acceptors (Lipinski definition) is 4. The first-order valence-corrected chi connectivity index (χ1v) is 8.46. The van der Waals surface area contributed by atoms with Crippen LogP contribution in [-0.4, -0.2) is 0 Å². The summed E-state index contributed by atoms with van der Waals surface area (Å²) in [6.07, 6.45) is 0. The van der Waals surface area contributed by atoms with Crippen LogP contribution in [0.15, 0.2) is 121 Å². The standard InChI is InChI=1S/4C6H6O.Mo/c4*7-6-4-2-1-3-5-6;/h4*1-5,7H;/q;;;;+4/p-4. The maximum atomic E-state index is 10.3. The first kappa shape index (κ1) is 25.8. The van der Waals surface area contributed by atoms with Gasteiger partial charge in [0.25, 0.3) is 0 Å². The summed E-state index contributed by atoms with van der Waals surface area (Å²) in [5, 5.41) is 41.1. The minimum absolute atomic E-state index is 0. The van der Waals surface area contributed by atoms with Crippen LogP contribution in [0.1, 0.15) is 0 Å². The van der Waals surface area contributed by atoms with E-state index in [1.807, 2.05) is 24.3 Å². The third-order valence-corrected chi connectivity index (χ3v) is 2.97. The fraction of sp³-hybridized carbons (Fsp3) is 0. The first-order chi connectivity index (χ1) is 13.6. The smallest absolute Gasteiger partial charge is 0.872 e. The Bertz CT molecular complexity index is 693. The molecule has 146 valence electrons. The van der Waals surface area contributed by atoms with E-state index in [1.165, 1.54) is 48.5 Å². The molecule has 29 heavy (non-hydrogen) atoms. The zero-order valence-corrected chi connectivity index (χ0v) is 17.6. The maximum absolute atomic E-state index is 10.3. The Balaban J connectivity index is 0.000000356. The van der Waals surface area contributed by atoms with Gasteiger partial charge in [-0.1, -0.05) is 121 Å². The van der Waals surface area contributed by atoms with Crippen molar-refractivity contribution in [2.45, 2.75) is 0 Å². The Morgan fingerprint density at radius 2 is 0.414 bits per heavy atom. The molecule has 0 spiro atoms. The molecule has 4 aromatic rings. The number of benzene rings is 4. The zero-order chi connectivity index (χ0) is 20.5. The van der Waals surface area contributed by atoms with Gasteiger partial charge in [-0.15, -0.1) is 23.0 Å². The summed E-state index contributed by atoms with van der Waals surface area (Å²) in [7, 11) is 0. The molecule has 0 amide bonds. The molecule has 0 aliphatic carbocycles. The molecule has 0 heterocycles. The van der Waals surface area contributed by atoms with Crippen LogP contribution in [0.5, 0.6) is 23.0 Å². The quantitative estimate of drug-likeness (QED) is 0.371. The van der Waals surface area contributed by atoms with Crippen molar-refractivity contribution in [3.05, 3.63) is 121 Å². The van der Waals surface area contributed by atoms with Crippen molar-refractivity contribution in [1.82, 2.24) is 0 Å². The first-order valence-electron chi connectivity index (χ1n) is 8.46. The molecule has 4 rings (SSSR count). The molecule has 4 aromatic carbocycles. The van der Waals surface area contributed by atoms with Gasteiger partial charge in [-0.05, 0) is 0 Å². The van der Waals surface area contributed by atoms with Gasteiger partial charge >= 0.3 is 21.1 Å². The van der Waals surface area contributed by atoms with Crippen molar-refractivity contribution in [1.29, 1.82) is 0 Å². The second kappa shape index (κ2) is 16.9. The largest absolute Gasteiger partial charge is 4.00 e. The van der Waals surface area contributed by atoms with E-state index in [9.17, 15) is 20.4 Å². The number of hydrogen-bond donors (Lipinski definition) is 0. The van der Waals surface area contributed by atoms with Crippen LogP contribution in [0.25, 0.3) is 0 Å². The van der Waals surface area contributed by atoms with Crippen molar-refractivity contribution < 1.29 is 41.5 Å². The van der Waals surface area contributed by atoms with Gasteiger partial charge in [0.1, 0.15) is 0 Å². The summed E-state index contributed by atoms with van der Waals surface area (Å²) >= 11 is 0. The Morgan fingerprint density at radius 3 is 0.483 bits per heavy atom. The van der Waals surface area contributed by atoms with E-state index in [0.717, 1.165) is 0 Å². The van der Waals surface area contributed by atoms with E-state index in [1.54, 1.807) is 48.5 Å². The molecule has 4 nitrogen and oxygen atoms in total. The molecular formula is C24H20MoO4. The molecule has 0 radical (unpaired) electrons. The third-order valence-electron chi connectivity index (χ3n) is 2.97. The summed E-state index contributed by atoms with van der Waals surface area (Å²) in [6.45, 7) is 0. The van der Waals surface area contributed by atoms with Crippen molar-refractivity contribution in [3.63, 3.8) is 0 Å². The SMILES string of the molecule is [Mo+4].[O-]c1ccccc1.[O-]c1ccccc1.[O-]c1ccccc1.[O-]c1ccccc1. The van der Waals surface area contributed by atoms with E-state index < -0.39 is 0 Å². The predicted octanol–water partition coefficient (Wildman–Crippen LogP) is 3.04. The van der Waals surface area contributed by atoms with Gasteiger partial charge in [0.05, 0.1) is 0 Å². The van der Waals surface area contributed by atoms with E-state index in [0.29, 0.717) is 0 Å². The molecule has 0 aliphatic heterocycles. The maximum Gasteiger partial charge on any atom is 4.00 e. The molecule has 0 saturated heterocycles. The fourth-order valence-electron chi connectivity index (χ4n) is 1.68. The van der Waals surface area contributed by atoms with Crippen LogP contribution in [0.2, 0.25) is 0 Å². The van der Waals surface area contributed by atoms with Crippen molar-refractivity contribution >= 4 is 0 Å². The van der Waals surface area contributed by atoms with Crippen molar-refractivity contribution in [2.75, 3.05) is 0 Å². The molecule has 0 saturated carbocycles. The normalized spacial score (nSPS) is 8.28. The van der Waals surface area contributed by atoms with E-state index >= 15 is 0 Å². The second-order valence-corrected chi connectivity index (χ2v) is 5.25. The summed E-state index contributed by atoms with van der Waals surface area (Å²) in [6, 6.07) is 33.3. The van der Waals surface area contributed by atoms with Gasteiger partial charge in [-0.25, -0.2) is 0 Å². The predicted molar refractivity (Wildman–Crippen MR) is 104 cm³/mol. The monoisotopic (exact) mass is 470 g/mol. The van der Waals surface area contributed by atoms with Gasteiger partial charge in [0.15, 0.2) is 0 Å². The Kier molecular flexibility index (Phi) is 15.0. The molecule has 0 N–H and O–H groups in total. The van der Waals surface area contributed by atoms with Crippen molar-refractivity contribution in [2.24, 2.45) is 0 Å². The Labute approximate surface area is 185 Å². The average Bonchev–Trinajstić information content (AvgIpc) is 2.72. The fourth-order valence-corrected chi connectivity index (χ4v) is 1.68. The molecule has 0 bridgehead atoms. The molecule has 0 aromatic heterocycles. The molecule has 5 heteroatoms. The second-order valence-electron chi connectivity index (χ2n) is 5.25. The molecule has 0 atom stereocenters. The minimum Gasteiger partial charge on any atom is -0.872 e. The average molecular weight is 468 g/mol. The van der Waals surface area contributed by atoms with Crippen LogP contribution in [0.3, 0.4) is 0 Å². The van der Waals surface area contributed by atoms with E-state index in [-0.39, 0.29) is 44.1 Å². The van der Waals surface area contributed by atoms with Crippen molar-refractivity contribution in [3.8, 4) is 23.0 Å². The van der Waals surface area contributed by atoms with Gasteiger partial charge in [-0.3, -0.25) is 0 Å². The molecule has 0 fully saturated rings. The summed E-state index contributed by atoms with van der Waals surface area (Å²) in [5.74, 6) is 0.287. The van der Waals surface area contributed by atoms with Gasteiger partial charge in [0, 0.05) is 0 Å². The van der Waals surface area contributed by atoms with E-state index in [4.69, 9.17) is 0 Å². The molecular weight excluding hydrogens is 448 g/mol. The van der Waals surface area contributed by atoms with Crippen LogP contribution in [0, 0.1) is 0 Å². The molecule has 0 aliphatic rings. The zero-order valence-electron chi connectivity index (χ0n) is 15.6. The number of rotatable bonds is 0. The summed E-state index contributed by atoms with van der Waals surface area (Å²) in [5.41, 5.74) is 0.